The highest BCUT2D eigenvalue weighted by Crippen LogP contribution is 2.23. The molecule has 1 rings (SSSR count). The quantitative estimate of drug-likeness (QED) is 0.656. The highest BCUT2D eigenvalue weighted by Gasteiger charge is 2.18. The van der Waals surface area contributed by atoms with Crippen molar-refractivity contribution in [3.63, 3.8) is 0 Å². The Kier molecular flexibility index (Phi) is 4.63. The molecule has 0 aliphatic heterocycles. The summed E-state index contributed by atoms with van der Waals surface area (Å²) in [5, 5.41) is 19.7. The van der Waals surface area contributed by atoms with Crippen LogP contribution in [0.1, 0.15) is 12.5 Å². The van der Waals surface area contributed by atoms with Gasteiger partial charge in [-0.05, 0) is 25.6 Å². The molecular formula is C11H13ClN2O4. The highest BCUT2D eigenvalue weighted by atomic mass is 35.5. The standard InChI is InChI=1S/C11H13ClN2O4/c1-7(11(15)16)13(2)6-8-3-4-9(14(17)18)5-10(8)12/h3-5,7H,6H2,1-2H3,(H,15,16). The lowest BCUT2D eigenvalue weighted by molar-refractivity contribution is -0.384. The zero-order chi connectivity index (χ0) is 13.9. The molecule has 0 aromatic heterocycles. The first-order chi connectivity index (χ1) is 8.32. The molecule has 1 N–H and O–H groups in total. The number of nitro groups is 1. The number of benzene rings is 1. The van der Waals surface area contributed by atoms with Crippen molar-refractivity contribution in [2.45, 2.75) is 19.5 Å². The van der Waals surface area contributed by atoms with Crippen molar-refractivity contribution in [1.29, 1.82) is 0 Å². The predicted octanol–water partition coefficient (Wildman–Crippen LogP) is 2.15. The fraction of sp³-hybridized carbons (Fsp3) is 0.364. The van der Waals surface area contributed by atoms with Crippen molar-refractivity contribution in [1.82, 2.24) is 4.90 Å². The predicted molar refractivity (Wildman–Crippen MR) is 66.7 cm³/mol. The van der Waals surface area contributed by atoms with E-state index in [0.717, 1.165) is 0 Å². The fourth-order valence-corrected chi connectivity index (χ4v) is 1.61. The minimum absolute atomic E-state index is 0.0855. The molecule has 0 heterocycles. The van der Waals surface area contributed by atoms with Gasteiger partial charge < -0.3 is 5.11 Å². The maximum atomic E-state index is 10.8. The van der Waals surface area contributed by atoms with Crippen molar-refractivity contribution >= 4 is 23.3 Å². The number of carboxylic acid groups (broad SMARTS) is 1. The SMILES string of the molecule is CC(C(=O)O)N(C)Cc1ccc([N+](=O)[O-])cc1Cl. The zero-order valence-electron chi connectivity index (χ0n) is 9.96. The Bertz CT molecular complexity index is 478. The van der Waals surface area contributed by atoms with Crippen LogP contribution in [0.2, 0.25) is 5.02 Å². The molecule has 0 saturated heterocycles. The Labute approximate surface area is 109 Å². The normalized spacial score (nSPS) is 12.4. The van der Waals surface area contributed by atoms with Gasteiger partial charge in [0.05, 0.1) is 9.95 Å². The van der Waals surface area contributed by atoms with Crippen molar-refractivity contribution in [2.75, 3.05) is 7.05 Å². The van der Waals surface area contributed by atoms with E-state index in [1.54, 1.807) is 18.9 Å². The van der Waals surface area contributed by atoms with Gasteiger partial charge in [-0.25, -0.2) is 0 Å². The van der Waals surface area contributed by atoms with Gasteiger partial charge in [-0.1, -0.05) is 11.6 Å². The Morgan fingerprint density at radius 1 is 1.61 bits per heavy atom. The third-order valence-electron chi connectivity index (χ3n) is 2.69. The summed E-state index contributed by atoms with van der Waals surface area (Å²) in [6.07, 6.45) is 0. The number of nitro benzene ring substituents is 1. The lowest BCUT2D eigenvalue weighted by Gasteiger charge is -2.21. The first-order valence-electron chi connectivity index (χ1n) is 5.18. The first-order valence-corrected chi connectivity index (χ1v) is 5.56. The van der Waals surface area contributed by atoms with Gasteiger partial charge in [-0.2, -0.15) is 0 Å². The molecule has 1 unspecified atom stereocenters. The molecule has 0 amide bonds. The van der Waals surface area contributed by atoms with Gasteiger partial charge in [-0.15, -0.1) is 0 Å². The van der Waals surface area contributed by atoms with E-state index in [0.29, 0.717) is 12.1 Å². The van der Waals surface area contributed by atoms with Gasteiger partial charge in [0.15, 0.2) is 0 Å². The molecule has 18 heavy (non-hydrogen) atoms. The van der Waals surface area contributed by atoms with Crippen LogP contribution in [-0.4, -0.2) is 34.0 Å². The van der Waals surface area contributed by atoms with Crippen LogP contribution in [0.4, 0.5) is 5.69 Å². The summed E-state index contributed by atoms with van der Waals surface area (Å²) >= 11 is 5.92. The Hall–Kier alpha value is -1.66. The largest absolute Gasteiger partial charge is 0.480 e. The lowest BCUT2D eigenvalue weighted by atomic mass is 10.1. The molecule has 0 fully saturated rings. The summed E-state index contributed by atoms with van der Waals surface area (Å²) in [4.78, 5) is 22.4. The minimum atomic E-state index is -0.935. The second kappa shape index (κ2) is 5.79. The van der Waals surface area contributed by atoms with Crippen LogP contribution in [0.15, 0.2) is 18.2 Å². The summed E-state index contributed by atoms with van der Waals surface area (Å²) in [6.45, 7) is 1.87. The first kappa shape index (κ1) is 14.4. The summed E-state index contributed by atoms with van der Waals surface area (Å²) in [5.41, 5.74) is 0.565. The summed E-state index contributed by atoms with van der Waals surface area (Å²) in [7, 11) is 1.65. The fourth-order valence-electron chi connectivity index (χ4n) is 1.37. The van der Waals surface area contributed by atoms with E-state index in [-0.39, 0.29) is 10.7 Å². The van der Waals surface area contributed by atoms with Gasteiger partial charge >= 0.3 is 5.97 Å². The number of rotatable bonds is 5. The van der Waals surface area contributed by atoms with E-state index in [1.807, 2.05) is 0 Å². The van der Waals surface area contributed by atoms with Crippen LogP contribution in [0, 0.1) is 10.1 Å². The van der Waals surface area contributed by atoms with Gasteiger partial charge in [-0.3, -0.25) is 19.8 Å². The van der Waals surface area contributed by atoms with Crippen molar-refractivity contribution < 1.29 is 14.8 Å². The van der Waals surface area contributed by atoms with Crippen LogP contribution < -0.4 is 0 Å². The molecule has 7 heteroatoms. The van der Waals surface area contributed by atoms with Gasteiger partial charge in [0.25, 0.3) is 5.69 Å². The van der Waals surface area contributed by atoms with Crippen LogP contribution in [-0.2, 0) is 11.3 Å². The summed E-state index contributed by atoms with van der Waals surface area (Å²) in [6, 6.07) is 3.48. The number of carbonyl (C=O) groups is 1. The van der Waals surface area contributed by atoms with E-state index in [1.165, 1.54) is 18.2 Å². The molecular weight excluding hydrogens is 260 g/mol. The highest BCUT2D eigenvalue weighted by molar-refractivity contribution is 6.31. The van der Waals surface area contributed by atoms with Crippen molar-refractivity contribution in [2.24, 2.45) is 0 Å². The Morgan fingerprint density at radius 3 is 2.67 bits per heavy atom. The number of hydrogen-bond donors (Lipinski definition) is 1. The topological polar surface area (TPSA) is 83.7 Å². The third-order valence-corrected chi connectivity index (χ3v) is 3.04. The van der Waals surface area contributed by atoms with Crippen molar-refractivity contribution in [3.8, 4) is 0 Å². The maximum Gasteiger partial charge on any atom is 0.320 e. The molecule has 1 aromatic carbocycles. The third kappa shape index (κ3) is 3.41. The van der Waals surface area contributed by atoms with Gasteiger partial charge in [0.2, 0.25) is 0 Å². The molecule has 0 radical (unpaired) electrons. The molecule has 98 valence electrons. The van der Waals surface area contributed by atoms with Crippen LogP contribution in [0.3, 0.4) is 0 Å². The monoisotopic (exact) mass is 272 g/mol. The zero-order valence-corrected chi connectivity index (χ0v) is 10.7. The second-order valence-corrected chi connectivity index (χ2v) is 4.37. The van der Waals surface area contributed by atoms with Crippen molar-refractivity contribution in [3.05, 3.63) is 38.9 Å². The molecule has 0 bridgehead atoms. The lowest BCUT2D eigenvalue weighted by Crippen LogP contribution is -2.35. The van der Waals surface area contributed by atoms with Gasteiger partial charge in [0.1, 0.15) is 6.04 Å². The number of carboxylic acids is 1. The average Bonchev–Trinajstić information content (AvgIpc) is 2.30. The van der Waals surface area contributed by atoms with E-state index < -0.39 is 16.9 Å². The number of halogens is 1. The van der Waals surface area contributed by atoms with E-state index in [4.69, 9.17) is 16.7 Å². The van der Waals surface area contributed by atoms with E-state index >= 15 is 0 Å². The smallest absolute Gasteiger partial charge is 0.320 e. The number of hydrogen-bond acceptors (Lipinski definition) is 4. The molecule has 1 aromatic rings. The second-order valence-electron chi connectivity index (χ2n) is 3.96. The van der Waals surface area contributed by atoms with Crippen LogP contribution >= 0.6 is 11.6 Å². The molecule has 0 saturated carbocycles. The number of likely N-dealkylation sites (N-methyl/N-ethyl adjacent to an activating group) is 1. The maximum absolute atomic E-state index is 10.8. The van der Waals surface area contributed by atoms with Crippen LogP contribution in [0.25, 0.3) is 0 Å². The molecule has 0 aliphatic rings. The van der Waals surface area contributed by atoms with Crippen LogP contribution in [0.5, 0.6) is 0 Å². The Balaban J connectivity index is 2.86. The number of aliphatic carboxylic acids is 1. The number of non-ortho nitro benzene ring substituents is 1. The van der Waals surface area contributed by atoms with E-state index in [9.17, 15) is 14.9 Å². The molecule has 0 aliphatic carbocycles. The number of nitrogens with zero attached hydrogens (tertiary/aromatic N) is 2. The van der Waals surface area contributed by atoms with Gasteiger partial charge in [0, 0.05) is 18.7 Å². The summed E-state index contributed by atoms with van der Waals surface area (Å²) in [5.74, 6) is -0.935. The molecule has 0 spiro atoms. The minimum Gasteiger partial charge on any atom is -0.480 e. The summed E-state index contributed by atoms with van der Waals surface area (Å²) < 4.78 is 0. The Morgan fingerprint density at radius 2 is 2.22 bits per heavy atom. The molecule has 6 nitrogen and oxygen atoms in total. The van der Waals surface area contributed by atoms with E-state index in [2.05, 4.69) is 0 Å². The molecule has 1 atom stereocenters. The average molecular weight is 273 g/mol.